The third kappa shape index (κ3) is 4.16. The number of carbonyl (C=O) groups excluding carboxylic acids is 1. The number of carbonyl (C=O) groups is 1. The second kappa shape index (κ2) is 8.40. The molecular weight excluding hydrogens is 382 g/mol. The normalized spacial score (nSPS) is 32.9. The van der Waals surface area contributed by atoms with Crippen molar-refractivity contribution in [2.45, 2.75) is 44.7 Å². The number of nitrogens with zero attached hydrogens (tertiary/aromatic N) is 3. The quantitative estimate of drug-likeness (QED) is 0.786. The van der Waals surface area contributed by atoms with Crippen LogP contribution >= 0.6 is 11.3 Å². The van der Waals surface area contributed by atoms with Gasteiger partial charge in [-0.3, -0.25) is 4.79 Å². The molecule has 3 unspecified atom stereocenters. The average Bonchev–Trinajstić information content (AvgIpc) is 3.47. The van der Waals surface area contributed by atoms with Gasteiger partial charge in [-0.05, 0) is 48.8 Å². The Labute approximate surface area is 176 Å². The van der Waals surface area contributed by atoms with E-state index < -0.39 is 0 Å². The van der Waals surface area contributed by atoms with Gasteiger partial charge in [-0.1, -0.05) is 12.5 Å². The maximum absolute atomic E-state index is 12.9. The van der Waals surface area contributed by atoms with Gasteiger partial charge in [0.05, 0.1) is 11.4 Å². The van der Waals surface area contributed by atoms with Crippen LogP contribution in [0.15, 0.2) is 22.1 Å². The highest BCUT2D eigenvalue weighted by molar-refractivity contribution is 7.15. The molecule has 2 bridgehead atoms. The van der Waals surface area contributed by atoms with E-state index in [0.29, 0.717) is 12.6 Å². The number of thiophene rings is 1. The number of hydrogen-bond donors (Lipinski definition) is 2. The van der Waals surface area contributed by atoms with Crippen molar-refractivity contribution in [2.75, 3.05) is 26.2 Å². The first kappa shape index (κ1) is 19.0. The second-order valence-electron chi connectivity index (χ2n) is 8.56. The van der Waals surface area contributed by atoms with E-state index in [1.54, 1.807) is 11.3 Å². The SMILES string of the molecule is O=C(c1cc2c(s1)/C=C\C/C=N\C(NC1CC3CCC1C3)=N/C2)N1CCNCC1. The monoisotopic (exact) mass is 411 g/mol. The van der Waals surface area contributed by atoms with Crippen LogP contribution in [0, 0.1) is 11.8 Å². The number of amides is 1. The number of guanidine groups is 1. The van der Waals surface area contributed by atoms with Gasteiger partial charge in [0.25, 0.3) is 5.91 Å². The molecule has 0 spiro atoms. The standard InChI is InChI=1S/C22H29N5OS/c28-21(27-9-7-23-8-10-27)20-13-17-14-25-22(24-6-2-1-3-19(17)29-20)26-18-12-15-4-5-16(18)11-15/h1,3,6,13,15-16,18,23H,2,4-5,7-12,14H2,(H,25,26)/b3-1-,24-6-. The second-order valence-corrected chi connectivity index (χ2v) is 9.64. The Morgan fingerprint density at radius 3 is 2.93 bits per heavy atom. The zero-order valence-corrected chi connectivity index (χ0v) is 17.6. The summed E-state index contributed by atoms with van der Waals surface area (Å²) in [4.78, 5) is 26.2. The van der Waals surface area contributed by atoms with Crippen molar-refractivity contribution < 1.29 is 4.79 Å². The van der Waals surface area contributed by atoms with Gasteiger partial charge < -0.3 is 15.5 Å². The van der Waals surface area contributed by atoms with Gasteiger partial charge >= 0.3 is 0 Å². The van der Waals surface area contributed by atoms with Crippen LogP contribution in [0.2, 0.25) is 0 Å². The largest absolute Gasteiger partial charge is 0.352 e. The molecule has 4 aliphatic rings. The molecule has 3 heterocycles. The summed E-state index contributed by atoms with van der Waals surface area (Å²) < 4.78 is 0. The van der Waals surface area contributed by atoms with E-state index in [1.165, 1.54) is 25.7 Å². The molecule has 7 heteroatoms. The molecular formula is C22H29N5OS. The van der Waals surface area contributed by atoms with Crippen molar-refractivity contribution in [1.29, 1.82) is 0 Å². The minimum atomic E-state index is 0.146. The van der Waals surface area contributed by atoms with E-state index in [9.17, 15) is 4.79 Å². The lowest BCUT2D eigenvalue weighted by molar-refractivity contribution is 0.0740. The molecule has 1 aromatic heterocycles. The van der Waals surface area contributed by atoms with Crippen LogP contribution in [0.1, 0.15) is 52.2 Å². The van der Waals surface area contributed by atoms with E-state index in [4.69, 9.17) is 4.99 Å². The van der Waals surface area contributed by atoms with Gasteiger partial charge in [0.1, 0.15) is 0 Å². The average molecular weight is 412 g/mol. The molecule has 2 N–H and O–H groups in total. The zero-order chi connectivity index (χ0) is 19.6. The zero-order valence-electron chi connectivity index (χ0n) is 16.8. The minimum Gasteiger partial charge on any atom is -0.352 e. The van der Waals surface area contributed by atoms with E-state index in [-0.39, 0.29) is 5.91 Å². The maximum Gasteiger partial charge on any atom is 0.264 e. The first-order chi connectivity index (χ1) is 14.3. The van der Waals surface area contributed by atoms with Crippen LogP contribution in [-0.2, 0) is 6.54 Å². The summed E-state index contributed by atoms with van der Waals surface area (Å²) in [5.41, 5.74) is 1.12. The third-order valence-electron chi connectivity index (χ3n) is 6.63. The van der Waals surface area contributed by atoms with Crippen molar-refractivity contribution >= 4 is 35.5 Å². The molecule has 154 valence electrons. The third-order valence-corrected chi connectivity index (χ3v) is 7.76. The number of allylic oxidation sites excluding steroid dienone is 1. The molecule has 2 aliphatic carbocycles. The molecule has 1 amide bonds. The summed E-state index contributed by atoms with van der Waals surface area (Å²) >= 11 is 1.59. The van der Waals surface area contributed by atoms with E-state index in [0.717, 1.165) is 65.7 Å². The van der Waals surface area contributed by atoms with Gasteiger partial charge in [-0.2, -0.15) is 0 Å². The van der Waals surface area contributed by atoms with E-state index in [1.807, 2.05) is 17.2 Å². The van der Waals surface area contributed by atoms with Crippen LogP contribution < -0.4 is 10.6 Å². The smallest absolute Gasteiger partial charge is 0.264 e. The molecule has 29 heavy (non-hydrogen) atoms. The molecule has 2 saturated carbocycles. The highest BCUT2D eigenvalue weighted by Crippen LogP contribution is 2.44. The Balaban J connectivity index is 1.33. The Bertz CT molecular complexity index is 851. The number of fused-ring (bicyclic) bond motifs is 3. The van der Waals surface area contributed by atoms with Crippen LogP contribution in [0.4, 0.5) is 0 Å². The van der Waals surface area contributed by atoms with Crippen LogP contribution in [0.25, 0.3) is 6.08 Å². The van der Waals surface area contributed by atoms with Crippen LogP contribution in [0.5, 0.6) is 0 Å². The highest BCUT2D eigenvalue weighted by atomic mass is 32.1. The van der Waals surface area contributed by atoms with Gasteiger partial charge in [0, 0.05) is 49.7 Å². The lowest BCUT2D eigenvalue weighted by atomic mass is 9.95. The molecule has 3 atom stereocenters. The summed E-state index contributed by atoms with van der Waals surface area (Å²) in [6.07, 6.45) is 12.3. The predicted octanol–water partition coefficient (Wildman–Crippen LogP) is 2.92. The fourth-order valence-electron chi connectivity index (χ4n) is 5.08. The molecule has 5 rings (SSSR count). The summed E-state index contributed by atoms with van der Waals surface area (Å²) in [6, 6.07) is 2.56. The van der Waals surface area contributed by atoms with Gasteiger partial charge in [-0.25, -0.2) is 9.98 Å². The summed E-state index contributed by atoms with van der Waals surface area (Å²) in [6.45, 7) is 3.86. The van der Waals surface area contributed by atoms with Crippen LogP contribution in [0.3, 0.4) is 0 Å². The topological polar surface area (TPSA) is 69.1 Å². The molecule has 6 nitrogen and oxygen atoms in total. The number of nitrogens with one attached hydrogen (secondary N) is 2. The predicted molar refractivity (Wildman–Crippen MR) is 119 cm³/mol. The van der Waals surface area contributed by atoms with E-state index >= 15 is 0 Å². The number of aliphatic imine (C=N–C) groups is 2. The molecule has 2 aliphatic heterocycles. The van der Waals surface area contributed by atoms with Crippen molar-refractivity contribution in [3.05, 3.63) is 27.5 Å². The maximum atomic E-state index is 12.9. The van der Waals surface area contributed by atoms with Gasteiger partial charge in [0.2, 0.25) is 5.96 Å². The lowest BCUT2D eigenvalue weighted by Gasteiger charge is -2.26. The lowest BCUT2D eigenvalue weighted by Crippen LogP contribution is -2.46. The molecule has 0 radical (unpaired) electrons. The fraction of sp³-hybridized carbons (Fsp3) is 0.591. The summed E-state index contributed by atoms with van der Waals surface area (Å²) in [5.74, 6) is 2.58. The number of rotatable bonds is 2. The first-order valence-corrected chi connectivity index (χ1v) is 11.7. The Kier molecular flexibility index (Phi) is 5.50. The highest BCUT2D eigenvalue weighted by Gasteiger charge is 2.39. The summed E-state index contributed by atoms with van der Waals surface area (Å²) in [5, 5.41) is 6.93. The van der Waals surface area contributed by atoms with Gasteiger partial charge in [0.15, 0.2) is 0 Å². The number of piperazine rings is 1. The molecule has 1 saturated heterocycles. The Hall–Kier alpha value is -1.99. The molecule has 3 fully saturated rings. The van der Waals surface area contributed by atoms with Gasteiger partial charge in [-0.15, -0.1) is 11.3 Å². The van der Waals surface area contributed by atoms with Crippen molar-refractivity contribution in [1.82, 2.24) is 15.5 Å². The van der Waals surface area contributed by atoms with E-state index in [2.05, 4.69) is 27.8 Å². The molecule has 0 aromatic carbocycles. The van der Waals surface area contributed by atoms with Crippen molar-refractivity contribution in [2.24, 2.45) is 21.8 Å². The van der Waals surface area contributed by atoms with Crippen LogP contribution in [-0.4, -0.2) is 55.2 Å². The summed E-state index contributed by atoms with van der Waals surface area (Å²) in [7, 11) is 0. The van der Waals surface area contributed by atoms with Crippen molar-refractivity contribution in [3.8, 4) is 0 Å². The fourth-order valence-corrected chi connectivity index (χ4v) is 6.16. The first-order valence-electron chi connectivity index (χ1n) is 10.9. The minimum absolute atomic E-state index is 0.146. The van der Waals surface area contributed by atoms with Crippen molar-refractivity contribution in [3.63, 3.8) is 0 Å². The Morgan fingerprint density at radius 1 is 1.24 bits per heavy atom. The Morgan fingerprint density at radius 2 is 2.14 bits per heavy atom. The molecule has 1 aromatic rings. The number of hydrogen-bond acceptors (Lipinski definition) is 6.